The first kappa shape index (κ1) is 12.8. The van der Waals surface area contributed by atoms with Gasteiger partial charge in [-0.3, -0.25) is 0 Å². The number of nitrogens with zero attached hydrogens (tertiary/aromatic N) is 2. The van der Waals surface area contributed by atoms with Gasteiger partial charge < -0.3 is 5.11 Å². The Bertz CT molecular complexity index is 680. The summed E-state index contributed by atoms with van der Waals surface area (Å²) in [7, 11) is 0. The lowest BCUT2D eigenvalue weighted by Gasteiger charge is -2.17. The number of aromatic carboxylic acids is 1. The van der Waals surface area contributed by atoms with Gasteiger partial charge in [-0.15, -0.1) is 0 Å². The van der Waals surface area contributed by atoms with E-state index in [1.54, 1.807) is 6.92 Å². The normalized spacial score (nSPS) is 13.8. The Morgan fingerprint density at radius 1 is 1.15 bits per heavy atom. The molecule has 0 bridgehead atoms. The predicted molar refractivity (Wildman–Crippen MR) is 75.8 cm³/mol. The third-order valence-electron chi connectivity index (χ3n) is 3.87. The van der Waals surface area contributed by atoms with Gasteiger partial charge in [0.15, 0.2) is 0 Å². The lowest BCUT2D eigenvalue weighted by atomic mass is 9.89. The van der Waals surface area contributed by atoms with Crippen molar-refractivity contribution in [3.8, 4) is 11.3 Å². The quantitative estimate of drug-likeness (QED) is 0.909. The summed E-state index contributed by atoms with van der Waals surface area (Å²) in [6, 6.07) is 6.16. The Hall–Kier alpha value is -2.23. The fraction of sp³-hybridized carbons (Fsp3) is 0.312. The van der Waals surface area contributed by atoms with Gasteiger partial charge in [0, 0.05) is 5.56 Å². The van der Waals surface area contributed by atoms with Crippen molar-refractivity contribution >= 4 is 5.97 Å². The van der Waals surface area contributed by atoms with E-state index in [2.05, 4.69) is 22.1 Å². The molecule has 0 unspecified atom stereocenters. The van der Waals surface area contributed by atoms with E-state index >= 15 is 0 Å². The molecule has 0 saturated heterocycles. The molecular weight excluding hydrogens is 252 g/mol. The average molecular weight is 268 g/mol. The lowest BCUT2D eigenvalue weighted by molar-refractivity contribution is 0.0696. The molecule has 3 rings (SSSR count). The molecule has 102 valence electrons. The summed E-state index contributed by atoms with van der Waals surface area (Å²) in [6.07, 6.45) is 6.04. The van der Waals surface area contributed by atoms with Crippen LogP contribution >= 0.6 is 0 Å². The summed E-state index contributed by atoms with van der Waals surface area (Å²) in [4.78, 5) is 19.6. The van der Waals surface area contributed by atoms with Crippen LogP contribution in [0.2, 0.25) is 0 Å². The molecule has 1 aromatic carbocycles. The molecule has 20 heavy (non-hydrogen) atoms. The van der Waals surface area contributed by atoms with Gasteiger partial charge in [0.1, 0.15) is 11.9 Å². The minimum absolute atomic E-state index is 0.197. The van der Waals surface area contributed by atoms with E-state index in [0.717, 1.165) is 18.4 Å². The standard InChI is InChI=1S/C16H16N2O2/c1-10-14(16(19)20)15(18-9-17-10)13-7-6-11-4-2-3-5-12(11)8-13/h6-9H,2-5H2,1H3,(H,19,20). The van der Waals surface area contributed by atoms with E-state index in [0.29, 0.717) is 11.4 Å². The van der Waals surface area contributed by atoms with E-state index in [1.807, 2.05) is 6.07 Å². The maximum atomic E-state index is 11.4. The molecule has 0 fully saturated rings. The molecule has 4 heteroatoms. The summed E-state index contributed by atoms with van der Waals surface area (Å²) >= 11 is 0. The molecule has 0 radical (unpaired) electrons. The van der Waals surface area contributed by atoms with E-state index < -0.39 is 5.97 Å². The van der Waals surface area contributed by atoms with Crippen LogP contribution in [0.4, 0.5) is 0 Å². The van der Waals surface area contributed by atoms with Crippen LogP contribution < -0.4 is 0 Å². The van der Waals surface area contributed by atoms with Gasteiger partial charge in [0.05, 0.1) is 11.4 Å². The van der Waals surface area contributed by atoms with Crippen molar-refractivity contribution in [1.82, 2.24) is 9.97 Å². The van der Waals surface area contributed by atoms with Crippen LogP contribution in [0, 0.1) is 6.92 Å². The third-order valence-corrected chi connectivity index (χ3v) is 3.87. The molecule has 1 N–H and O–H groups in total. The first-order chi connectivity index (χ1) is 9.66. The van der Waals surface area contributed by atoms with Crippen molar-refractivity contribution in [2.45, 2.75) is 32.6 Å². The summed E-state index contributed by atoms with van der Waals surface area (Å²) in [5.74, 6) is -0.976. The number of rotatable bonds is 2. The number of carboxylic acid groups (broad SMARTS) is 1. The molecule has 1 aliphatic rings. The summed E-state index contributed by atoms with van der Waals surface area (Å²) in [5.41, 5.74) is 4.78. The molecule has 0 spiro atoms. The van der Waals surface area contributed by atoms with Crippen molar-refractivity contribution in [3.05, 3.63) is 46.9 Å². The molecule has 4 nitrogen and oxygen atoms in total. The average Bonchev–Trinajstić information content (AvgIpc) is 2.46. The monoisotopic (exact) mass is 268 g/mol. The molecule has 2 aromatic rings. The summed E-state index contributed by atoms with van der Waals surface area (Å²) in [5, 5.41) is 9.37. The fourth-order valence-electron chi connectivity index (χ4n) is 2.83. The topological polar surface area (TPSA) is 63.1 Å². The van der Waals surface area contributed by atoms with E-state index in [-0.39, 0.29) is 5.56 Å². The van der Waals surface area contributed by atoms with Gasteiger partial charge in [0.2, 0.25) is 0 Å². The zero-order valence-corrected chi connectivity index (χ0v) is 11.4. The van der Waals surface area contributed by atoms with Gasteiger partial charge in [0.25, 0.3) is 0 Å². The largest absolute Gasteiger partial charge is 0.478 e. The summed E-state index contributed by atoms with van der Waals surface area (Å²) in [6.45, 7) is 1.70. The molecule has 1 heterocycles. The molecule has 0 saturated carbocycles. The van der Waals surface area contributed by atoms with Crippen molar-refractivity contribution in [1.29, 1.82) is 0 Å². The maximum Gasteiger partial charge on any atom is 0.339 e. The Kier molecular flexibility index (Phi) is 3.22. The number of aryl methyl sites for hydroxylation is 3. The van der Waals surface area contributed by atoms with Crippen molar-refractivity contribution in [2.75, 3.05) is 0 Å². The second-order valence-electron chi connectivity index (χ2n) is 5.18. The first-order valence-electron chi connectivity index (χ1n) is 6.84. The maximum absolute atomic E-state index is 11.4. The van der Waals surface area contributed by atoms with Gasteiger partial charge in [-0.1, -0.05) is 12.1 Å². The number of benzene rings is 1. The highest BCUT2D eigenvalue weighted by molar-refractivity contribution is 5.95. The predicted octanol–water partition coefficient (Wildman–Crippen LogP) is 3.03. The van der Waals surface area contributed by atoms with Gasteiger partial charge in [-0.25, -0.2) is 14.8 Å². The molecule has 1 aliphatic carbocycles. The van der Waals surface area contributed by atoms with Crippen LogP contribution in [-0.4, -0.2) is 21.0 Å². The van der Waals surface area contributed by atoms with Crippen LogP contribution in [0.15, 0.2) is 24.5 Å². The Morgan fingerprint density at radius 3 is 2.65 bits per heavy atom. The molecule has 0 atom stereocenters. The SMILES string of the molecule is Cc1ncnc(-c2ccc3c(c2)CCCC3)c1C(=O)O. The van der Waals surface area contributed by atoms with Crippen molar-refractivity contribution in [2.24, 2.45) is 0 Å². The van der Waals surface area contributed by atoms with E-state index in [9.17, 15) is 9.90 Å². The van der Waals surface area contributed by atoms with Crippen LogP contribution in [0.5, 0.6) is 0 Å². The first-order valence-corrected chi connectivity index (χ1v) is 6.84. The third kappa shape index (κ3) is 2.18. The summed E-state index contributed by atoms with van der Waals surface area (Å²) < 4.78 is 0. The van der Waals surface area contributed by atoms with Gasteiger partial charge >= 0.3 is 5.97 Å². The molecular formula is C16H16N2O2. The molecule has 0 amide bonds. The number of hydrogen-bond donors (Lipinski definition) is 1. The van der Waals surface area contributed by atoms with E-state index in [4.69, 9.17) is 0 Å². The number of fused-ring (bicyclic) bond motifs is 1. The van der Waals surface area contributed by atoms with Crippen molar-refractivity contribution < 1.29 is 9.90 Å². The highest BCUT2D eigenvalue weighted by Crippen LogP contribution is 2.28. The van der Waals surface area contributed by atoms with Crippen LogP contribution in [-0.2, 0) is 12.8 Å². The fourth-order valence-corrected chi connectivity index (χ4v) is 2.83. The minimum atomic E-state index is -0.976. The second kappa shape index (κ2) is 5.04. The highest BCUT2D eigenvalue weighted by Gasteiger charge is 2.18. The van der Waals surface area contributed by atoms with Crippen LogP contribution in [0.1, 0.15) is 40.0 Å². The lowest BCUT2D eigenvalue weighted by Crippen LogP contribution is -2.07. The Labute approximate surface area is 117 Å². The smallest absolute Gasteiger partial charge is 0.339 e. The van der Waals surface area contributed by atoms with Crippen LogP contribution in [0.25, 0.3) is 11.3 Å². The number of aromatic nitrogens is 2. The number of hydrogen-bond acceptors (Lipinski definition) is 3. The minimum Gasteiger partial charge on any atom is -0.478 e. The van der Waals surface area contributed by atoms with Gasteiger partial charge in [-0.2, -0.15) is 0 Å². The molecule has 1 aromatic heterocycles. The Balaban J connectivity index is 2.14. The zero-order valence-electron chi connectivity index (χ0n) is 11.4. The number of carbonyl (C=O) groups is 1. The highest BCUT2D eigenvalue weighted by atomic mass is 16.4. The second-order valence-corrected chi connectivity index (χ2v) is 5.18. The Morgan fingerprint density at radius 2 is 1.90 bits per heavy atom. The number of carboxylic acids is 1. The van der Waals surface area contributed by atoms with E-state index in [1.165, 1.54) is 30.3 Å². The molecule has 0 aliphatic heterocycles. The van der Waals surface area contributed by atoms with Crippen molar-refractivity contribution in [3.63, 3.8) is 0 Å². The zero-order chi connectivity index (χ0) is 14.1. The van der Waals surface area contributed by atoms with Crippen LogP contribution in [0.3, 0.4) is 0 Å². The van der Waals surface area contributed by atoms with Gasteiger partial charge in [-0.05, 0) is 49.8 Å².